The quantitative estimate of drug-likeness (QED) is 0.0325. The minimum absolute atomic E-state index is 0.0267. The molecule has 14 heteroatoms. The van der Waals surface area contributed by atoms with Gasteiger partial charge >= 0.3 is 23.9 Å². The van der Waals surface area contributed by atoms with Gasteiger partial charge in [-0.25, -0.2) is 19.2 Å². The zero-order chi connectivity index (χ0) is 56.2. The van der Waals surface area contributed by atoms with Crippen LogP contribution >= 0.6 is 0 Å². The standard InChI is InChI=1S/C68H54O14/c1-67(35-73-36-67)39-75-41-77-55-27-19-47-31-51(13-11-49(47)33-55)65(71)79-53-23-15-45(16-24-53)63(69)81-59-29-21-43-7-3-5-9-57(43)61(59)62-58-10-6-4-8-44(58)22-30-60(62)82-64(70)46-17-25-54(26-18-46)80-66(72)52-14-12-50-34-56(28-20-48(50)32-52)78-42-76-40-68(2)37-74-38-68/h3-34H,35-42H2,1-2H3. The Morgan fingerprint density at radius 2 is 0.707 bits per heavy atom. The Balaban J connectivity index is 0.718. The molecule has 2 saturated heterocycles. The van der Waals surface area contributed by atoms with Crippen molar-refractivity contribution in [1.82, 2.24) is 0 Å². The average molecular weight is 1100 g/mol. The van der Waals surface area contributed by atoms with Gasteiger partial charge in [0.1, 0.15) is 34.5 Å². The van der Waals surface area contributed by atoms with E-state index >= 15 is 0 Å². The van der Waals surface area contributed by atoms with Gasteiger partial charge in [0.05, 0.1) is 61.9 Å². The van der Waals surface area contributed by atoms with Crippen LogP contribution in [0.1, 0.15) is 55.3 Å². The molecule has 82 heavy (non-hydrogen) atoms. The first-order chi connectivity index (χ1) is 39.9. The zero-order valence-corrected chi connectivity index (χ0v) is 44.8. The zero-order valence-electron chi connectivity index (χ0n) is 44.8. The molecule has 2 aliphatic rings. The van der Waals surface area contributed by atoms with Crippen LogP contribution in [0.25, 0.3) is 54.2 Å². The number of carbonyl (C=O) groups is 4. The summed E-state index contributed by atoms with van der Waals surface area (Å²) in [6.07, 6.45) is 0. The van der Waals surface area contributed by atoms with E-state index in [1.165, 1.54) is 48.5 Å². The molecule has 0 unspecified atom stereocenters. The summed E-state index contributed by atoms with van der Waals surface area (Å²) in [5, 5.41) is 6.57. The van der Waals surface area contributed by atoms with Gasteiger partial charge in [-0.15, -0.1) is 0 Å². The van der Waals surface area contributed by atoms with E-state index in [9.17, 15) is 19.2 Å². The first-order valence-corrected chi connectivity index (χ1v) is 26.7. The lowest BCUT2D eigenvalue weighted by molar-refractivity contribution is -0.151. The lowest BCUT2D eigenvalue weighted by atomic mass is 9.90. The van der Waals surface area contributed by atoms with Gasteiger partial charge in [0.15, 0.2) is 13.6 Å². The molecule has 12 rings (SSSR count). The van der Waals surface area contributed by atoms with Gasteiger partial charge in [-0.05, 0) is 152 Å². The van der Waals surface area contributed by atoms with Crippen molar-refractivity contribution < 1.29 is 66.5 Å². The average Bonchev–Trinajstić information content (AvgIpc) is 3.54. The summed E-state index contributed by atoms with van der Waals surface area (Å²) in [5.41, 5.74) is 2.18. The molecular formula is C68H54O14. The second-order valence-corrected chi connectivity index (χ2v) is 21.2. The van der Waals surface area contributed by atoms with Gasteiger partial charge in [0.25, 0.3) is 0 Å². The highest BCUT2D eigenvalue weighted by Crippen LogP contribution is 2.46. The molecule has 2 heterocycles. The van der Waals surface area contributed by atoms with E-state index < -0.39 is 23.9 Å². The molecule has 0 aliphatic carbocycles. The molecule has 0 spiro atoms. The third-order valence-electron chi connectivity index (χ3n) is 14.5. The van der Waals surface area contributed by atoms with Gasteiger partial charge in [0.2, 0.25) is 0 Å². The predicted octanol–water partition coefficient (Wildman–Crippen LogP) is 13.6. The number of hydrogen-bond acceptors (Lipinski definition) is 14. The maximum Gasteiger partial charge on any atom is 0.343 e. The first-order valence-electron chi connectivity index (χ1n) is 26.7. The third-order valence-corrected chi connectivity index (χ3v) is 14.5. The minimum Gasteiger partial charge on any atom is -0.468 e. The maximum atomic E-state index is 14.1. The Hall–Kier alpha value is -9.44. The van der Waals surface area contributed by atoms with Crippen molar-refractivity contribution in [2.45, 2.75) is 13.8 Å². The molecule has 410 valence electrons. The van der Waals surface area contributed by atoms with Crippen molar-refractivity contribution in [2.75, 3.05) is 53.2 Å². The lowest BCUT2D eigenvalue weighted by Crippen LogP contribution is -2.43. The van der Waals surface area contributed by atoms with Crippen LogP contribution in [0.5, 0.6) is 34.5 Å². The molecule has 0 saturated carbocycles. The number of fused-ring (bicyclic) bond motifs is 4. The molecular weight excluding hydrogens is 1040 g/mol. The molecule has 10 aromatic carbocycles. The molecule has 0 atom stereocenters. The summed E-state index contributed by atoms with van der Waals surface area (Å²) >= 11 is 0. The second-order valence-electron chi connectivity index (χ2n) is 21.2. The number of carbonyl (C=O) groups excluding carboxylic acids is 4. The minimum atomic E-state index is -0.673. The first kappa shape index (κ1) is 53.2. The topological polar surface area (TPSA) is 161 Å². The summed E-state index contributed by atoms with van der Waals surface area (Å²) in [5.74, 6) is -0.320. The number of rotatable bonds is 19. The van der Waals surface area contributed by atoms with E-state index in [-0.39, 0.29) is 58.5 Å². The molecule has 0 amide bonds. The SMILES string of the molecule is CC1(COCOc2ccc3cc(C(=O)Oc4ccc(C(=O)Oc5ccc6ccccc6c5-c5c(OC(=O)c6ccc(OC(=O)c7ccc8cc(OCOCC9(C)COC9)ccc8c7)cc6)ccc6ccccc56)cc4)ccc3c2)COC1. The van der Waals surface area contributed by atoms with Crippen molar-refractivity contribution in [3.05, 3.63) is 216 Å². The Bertz CT molecular complexity index is 3800. The van der Waals surface area contributed by atoms with E-state index in [4.69, 9.17) is 47.4 Å². The molecule has 0 N–H and O–H groups in total. The van der Waals surface area contributed by atoms with Crippen molar-refractivity contribution >= 4 is 67.0 Å². The Labute approximate surface area is 471 Å². The van der Waals surface area contributed by atoms with Gasteiger partial charge in [-0.3, -0.25) is 0 Å². The summed E-state index contributed by atoms with van der Waals surface area (Å²) in [6.45, 7) is 8.25. The highest BCUT2D eigenvalue weighted by atomic mass is 16.7. The predicted molar refractivity (Wildman–Crippen MR) is 308 cm³/mol. The van der Waals surface area contributed by atoms with Gasteiger partial charge < -0.3 is 47.4 Å². The van der Waals surface area contributed by atoms with E-state index in [1.807, 2.05) is 109 Å². The van der Waals surface area contributed by atoms with E-state index in [0.29, 0.717) is 73.4 Å². The van der Waals surface area contributed by atoms with E-state index in [1.54, 1.807) is 36.4 Å². The molecule has 2 aliphatic heterocycles. The fourth-order valence-electron chi connectivity index (χ4n) is 9.90. The van der Waals surface area contributed by atoms with Gasteiger partial charge in [-0.2, -0.15) is 0 Å². The molecule has 10 aromatic rings. The molecule has 0 radical (unpaired) electrons. The van der Waals surface area contributed by atoms with Crippen molar-refractivity contribution in [3.8, 4) is 45.6 Å². The fraction of sp³-hybridized carbons (Fsp3) is 0.176. The second kappa shape index (κ2) is 23.0. The van der Waals surface area contributed by atoms with Crippen LogP contribution in [-0.2, 0) is 18.9 Å². The van der Waals surface area contributed by atoms with Crippen molar-refractivity contribution in [1.29, 1.82) is 0 Å². The Morgan fingerprint density at radius 3 is 1.11 bits per heavy atom. The molecule has 0 bridgehead atoms. The van der Waals surface area contributed by atoms with E-state index in [2.05, 4.69) is 13.8 Å². The fourth-order valence-corrected chi connectivity index (χ4v) is 9.90. The monoisotopic (exact) mass is 1090 g/mol. The highest BCUT2D eigenvalue weighted by molar-refractivity contribution is 6.11. The Morgan fingerprint density at radius 1 is 0.366 bits per heavy atom. The molecule has 2 fully saturated rings. The van der Waals surface area contributed by atoms with Crippen LogP contribution in [0.3, 0.4) is 0 Å². The Kier molecular flexibility index (Phi) is 14.9. The molecule has 0 aromatic heterocycles. The van der Waals surface area contributed by atoms with Crippen LogP contribution in [0.2, 0.25) is 0 Å². The number of esters is 4. The maximum absolute atomic E-state index is 14.1. The number of hydrogen-bond donors (Lipinski definition) is 0. The van der Waals surface area contributed by atoms with Crippen LogP contribution in [0.15, 0.2) is 194 Å². The third kappa shape index (κ3) is 11.7. The van der Waals surface area contributed by atoms with Crippen LogP contribution < -0.4 is 28.4 Å². The highest BCUT2D eigenvalue weighted by Gasteiger charge is 2.34. The van der Waals surface area contributed by atoms with Crippen LogP contribution in [0.4, 0.5) is 0 Å². The van der Waals surface area contributed by atoms with Gasteiger partial charge in [-0.1, -0.05) is 98.8 Å². The van der Waals surface area contributed by atoms with Crippen molar-refractivity contribution in [3.63, 3.8) is 0 Å². The smallest absolute Gasteiger partial charge is 0.343 e. The van der Waals surface area contributed by atoms with Gasteiger partial charge in [0, 0.05) is 22.0 Å². The largest absolute Gasteiger partial charge is 0.468 e. The lowest BCUT2D eigenvalue weighted by Gasteiger charge is -2.37. The van der Waals surface area contributed by atoms with Crippen LogP contribution in [0, 0.1) is 10.8 Å². The summed E-state index contributed by atoms with van der Waals surface area (Å²) in [7, 11) is 0. The summed E-state index contributed by atoms with van der Waals surface area (Å²) < 4.78 is 57.5. The van der Waals surface area contributed by atoms with Crippen LogP contribution in [-0.4, -0.2) is 77.1 Å². The van der Waals surface area contributed by atoms with E-state index in [0.717, 1.165) is 43.1 Å². The normalized spacial score (nSPS) is 14.1. The number of benzene rings is 10. The summed E-state index contributed by atoms with van der Waals surface area (Å²) in [4.78, 5) is 55.0. The number of ether oxygens (including phenoxy) is 10. The molecule has 14 nitrogen and oxygen atoms in total. The van der Waals surface area contributed by atoms with Crippen molar-refractivity contribution in [2.24, 2.45) is 10.8 Å². The summed E-state index contributed by atoms with van der Waals surface area (Å²) in [6, 6.07) is 56.3.